The van der Waals surface area contributed by atoms with Crippen molar-refractivity contribution in [1.82, 2.24) is 15.1 Å². The van der Waals surface area contributed by atoms with Crippen LogP contribution in [0.4, 0.5) is 14.0 Å². The van der Waals surface area contributed by atoms with Crippen molar-refractivity contribution in [1.29, 1.82) is 0 Å². The summed E-state index contributed by atoms with van der Waals surface area (Å²) in [5.74, 6) is -0.330. The zero-order valence-electron chi connectivity index (χ0n) is 16.5. The Bertz CT molecular complexity index is 921. The first-order chi connectivity index (χ1) is 14.5. The molecule has 2 heterocycles. The molecule has 1 fully saturated rings. The molecule has 2 aromatic carbocycles. The van der Waals surface area contributed by atoms with Gasteiger partial charge < -0.3 is 25.0 Å². The summed E-state index contributed by atoms with van der Waals surface area (Å²) < 4.78 is 19.0. The Morgan fingerprint density at radius 2 is 1.87 bits per heavy atom. The molecule has 0 spiro atoms. The average molecular weight is 413 g/mol. The number of halogens is 1. The monoisotopic (exact) mass is 413 g/mol. The van der Waals surface area contributed by atoms with Crippen LogP contribution in [0.1, 0.15) is 22.7 Å². The highest BCUT2D eigenvalue weighted by Gasteiger charge is 2.33. The van der Waals surface area contributed by atoms with E-state index in [1.807, 2.05) is 24.3 Å². The summed E-state index contributed by atoms with van der Waals surface area (Å²) in [5, 5.41) is 12.2. The summed E-state index contributed by atoms with van der Waals surface area (Å²) in [6.45, 7) is 1.50. The minimum Gasteiger partial charge on any atom is -0.465 e. The fraction of sp³-hybridized carbons (Fsp3) is 0.364. The highest BCUT2D eigenvalue weighted by Crippen LogP contribution is 2.35. The molecule has 1 saturated heterocycles. The Hall–Kier alpha value is -3.13. The number of rotatable bonds is 2. The van der Waals surface area contributed by atoms with E-state index in [4.69, 9.17) is 4.74 Å². The Labute approximate surface area is 174 Å². The molecule has 4 rings (SSSR count). The third-order valence-corrected chi connectivity index (χ3v) is 5.59. The molecule has 0 aliphatic carbocycles. The lowest BCUT2D eigenvalue weighted by atomic mass is 9.88. The van der Waals surface area contributed by atoms with Crippen molar-refractivity contribution < 1.29 is 23.8 Å². The molecular formula is C22H24FN3O4. The van der Waals surface area contributed by atoms with Crippen molar-refractivity contribution >= 4 is 12.1 Å². The van der Waals surface area contributed by atoms with Crippen molar-refractivity contribution in [3.8, 4) is 0 Å². The number of hydrogen-bond acceptors (Lipinski definition) is 3. The Balaban J connectivity index is 1.59. The summed E-state index contributed by atoms with van der Waals surface area (Å²) in [7, 11) is 0. The van der Waals surface area contributed by atoms with Gasteiger partial charge in [-0.15, -0.1) is 0 Å². The van der Waals surface area contributed by atoms with Gasteiger partial charge in [-0.25, -0.2) is 14.0 Å². The second-order valence-electron chi connectivity index (χ2n) is 7.55. The van der Waals surface area contributed by atoms with Crippen LogP contribution in [0.25, 0.3) is 0 Å². The fourth-order valence-electron chi connectivity index (χ4n) is 4.12. The number of carbonyl (C=O) groups excluding carboxylic acids is 1. The third kappa shape index (κ3) is 4.23. The van der Waals surface area contributed by atoms with Crippen LogP contribution in [-0.4, -0.2) is 65.9 Å². The normalized spacial score (nSPS) is 21.5. The second kappa shape index (κ2) is 8.71. The van der Waals surface area contributed by atoms with E-state index in [0.29, 0.717) is 19.6 Å². The van der Waals surface area contributed by atoms with Gasteiger partial charge in [-0.05, 0) is 35.2 Å². The number of benzene rings is 2. The molecule has 158 valence electrons. The predicted molar refractivity (Wildman–Crippen MR) is 108 cm³/mol. The van der Waals surface area contributed by atoms with Crippen LogP contribution in [0.15, 0.2) is 48.5 Å². The Morgan fingerprint density at radius 3 is 2.63 bits per heavy atom. The molecule has 30 heavy (non-hydrogen) atoms. The summed E-state index contributed by atoms with van der Waals surface area (Å²) in [4.78, 5) is 27.6. The van der Waals surface area contributed by atoms with Crippen molar-refractivity contribution in [2.24, 2.45) is 0 Å². The number of nitrogens with zero attached hydrogens (tertiary/aromatic N) is 2. The second-order valence-corrected chi connectivity index (χ2v) is 7.55. The molecule has 2 N–H and O–H groups in total. The quantitative estimate of drug-likeness (QED) is 0.793. The number of nitrogens with one attached hydrogen (secondary N) is 1. The van der Waals surface area contributed by atoms with Crippen molar-refractivity contribution in [3.05, 3.63) is 71.0 Å². The first-order valence-corrected chi connectivity index (χ1v) is 9.99. The van der Waals surface area contributed by atoms with Gasteiger partial charge in [0, 0.05) is 19.6 Å². The van der Waals surface area contributed by atoms with E-state index in [9.17, 15) is 19.1 Å². The number of carbonyl (C=O) groups is 2. The topological polar surface area (TPSA) is 82.1 Å². The van der Waals surface area contributed by atoms with E-state index in [1.165, 1.54) is 17.0 Å². The van der Waals surface area contributed by atoms with Gasteiger partial charge >= 0.3 is 12.1 Å². The molecule has 2 atom stereocenters. The molecule has 3 amide bonds. The molecule has 8 heteroatoms. The molecule has 2 aliphatic heterocycles. The zero-order valence-corrected chi connectivity index (χ0v) is 16.5. The molecule has 2 aromatic rings. The van der Waals surface area contributed by atoms with E-state index < -0.39 is 12.1 Å². The third-order valence-electron chi connectivity index (χ3n) is 5.59. The molecule has 2 aliphatic rings. The zero-order chi connectivity index (χ0) is 21.1. The number of hydrogen-bond donors (Lipinski definition) is 2. The van der Waals surface area contributed by atoms with Gasteiger partial charge in [0.05, 0.1) is 25.3 Å². The molecule has 0 aromatic heterocycles. The van der Waals surface area contributed by atoms with Crippen LogP contribution in [-0.2, 0) is 11.2 Å². The number of carboxylic acid groups (broad SMARTS) is 1. The first kappa shape index (κ1) is 20.2. The van der Waals surface area contributed by atoms with Crippen molar-refractivity contribution in [2.75, 3.05) is 32.8 Å². The van der Waals surface area contributed by atoms with Gasteiger partial charge in [0.1, 0.15) is 5.82 Å². The van der Waals surface area contributed by atoms with E-state index in [1.54, 1.807) is 17.0 Å². The maximum Gasteiger partial charge on any atom is 0.407 e. The molecule has 0 unspecified atom stereocenters. The highest BCUT2D eigenvalue weighted by atomic mass is 19.1. The van der Waals surface area contributed by atoms with Gasteiger partial charge in [0.2, 0.25) is 0 Å². The van der Waals surface area contributed by atoms with Crippen molar-refractivity contribution in [2.45, 2.75) is 18.5 Å². The minimum atomic E-state index is -1.03. The van der Waals surface area contributed by atoms with Gasteiger partial charge in [0.15, 0.2) is 0 Å². The molecular weight excluding hydrogens is 389 g/mol. The van der Waals surface area contributed by atoms with E-state index in [2.05, 4.69) is 5.32 Å². The summed E-state index contributed by atoms with van der Waals surface area (Å²) >= 11 is 0. The van der Waals surface area contributed by atoms with Gasteiger partial charge in [-0.3, -0.25) is 0 Å². The predicted octanol–water partition coefficient (Wildman–Crippen LogP) is 2.86. The lowest BCUT2D eigenvalue weighted by molar-refractivity contribution is 0.122. The lowest BCUT2D eigenvalue weighted by Crippen LogP contribution is -2.52. The van der Waals surface area contributed by atoms with Crippen LogP contribution in [0.3, 0.4) is 0 Å². The Morgan fingerprint density at radius 1 is 1.10 bits per heavy atom. The van der Waals surface area contributed by atoms with Crippen LogP contribution in [0, 0.1) is 5.82 Å². The molecule has 0 bridgehead atoms. The van der Waals surface area contributed by atoms with Gasteiger partial charge in [-0.2, -0.15) is 0 Å². The smallest absolute Gasteiger partial charge is 0.407 e. The van der Waals surface area contributed by atoms with E-state index in [0.717, 1.165) is 16.7 Å². The number of urea groups is 1. The maximum absolute atomic E-state index is 13.5. The van der Waals surface area contributed by atoms with E-state index in [-0.39, 0.29) is 37.6 Å². The van der Waals surface area contributed by atoms with Gasteiger partial charge in [-0.1, -0.05) is 36.4 Å². The number of ether oxygens (including phenoxy) is 1. The molecule has 0 radical (unpaired) electrons. The minimum absolute atomic E-state index is 0.173. The van der Waals surface area contributed by atoms with Crippen LogP contribution in [0.2, 0.25) is 0 Å². The highest BCUT2D eigenvalue weighted by molar-refractivity contribution is 5.76. The molecule has 7 nitrogen and oxygen atoms in total. The summed E-state index contributed by atoms with van der Waals surface area (Å²) in [6, 6.07) is 13.0. The number of amides is 3. The van der Waals surface area contributed by atoms with Crippen LogP contribution >= 0.6 is 0 Å². The summed E-state index contributed by atoms with van der Waals surface area (Å²) in [5.41, 5.74) is 2.99. The SMILES string of the molecule is O=C(O)N1CCOC[C@H](NC(=O)N2CCc3ccccc3[C@@H]2c2ccc(F)cc2)C1. The largest absolute Gasteiger partial charge is 0.465 e. The maximum atomic E-state index is 13.5. The average Bonchev–Trinajstić information content (AvgIpc) is 2.99. The summed E-state index contributed by atoms with van der Waals surface area (Å²) in [6.07, 6.45) is -0.320. The lowest BCUT2D eigenvalue weighted by Gasteiger charge is -2.38. The van der Waals surface area contributed by atoms with Gasteiger partial charge in [0.25, 0.3) is 0 Å². The van der Waals surface area contributed by atoms with Crippen LogP contribution in [0.5, 0.6) is 0 Å². The van der Waals surface area contributed by atoms with E-state index >= 15 is 0 Å². The van der Waals surface area contributed by atoms with Crippen LogP contribution < -0.4 is 5.32 Å². The molecule has 0 saturated carbocycles. The Kier molecular flexibility index (Phi) is 5.85. The standard InChI is InChI=1S/C22H24FN3O4/c23-17-7-5-16(6-8-17)20-19-4-2-1-3-15(19)9-10-26(20)21(27)24-18-13-25(22(28)29)11-12-30-14-18/h1-8,18,20H,9-14H2,(H,24,27)(H,28,29)/t18-,20+/m1/s1. The van der Waals surface area contributed by atoms with Crippen molar-refractivity contribution in [3.63, 3.8) is 0 Å². The fourth-order valence-corrected chi connectivity index (χ4v) is 4.12. The number of fused-ring (bicyclic) bond motifs is 1. The first-order valence-electron chi connectivity index (χ1n) is 9.99.